The van der Waals surface area contributed by atoms with Gasteiger partial charge in [0.1, 0.15) is 0 Å². The number of hydrogen-bond donors (Lipinski definition) is 0. The zero-order valence-corrected chi connectivity index (χ0v) is 11.5. The lowest BCUT2D eigenvalue weighted by Crippen LogP contribution is -2.47. The maximum absolute atomic E-state index is 11.9. The van der Waals surface area contributed by atoms with Crippen LogP contribution in [0.15, 0.2) is 12.0 Å². The summed E-state index contributed by atoms with van der Waals surface area (Å²) in [7, 11) is -1.33. The molecule has 2 aliphatic heterocycles. The Bertz CT molecular complexity index is 446. The Balaban J connectivity index is 2.01. The van der Waals surface area contributed by atoms with Crippen molar-refractivity contribution in [3.63, 3.8) is 0 Å². The number of sulfone groups is 1. The van der Waals surface area contributed by atoms with E-state index in [1.165, 1.54) is 0 Å². The molecule has 2 rings (SSSR count). The number of amides is 1. The van der Waals surface area contributed by atoms with E-state index < -0.39 is 9.84 Å². The van der Waals surface area contributed by atoms with Gasteiger partial charge in [-0.25, -0.2) is 8.42 Å². The van der Waals surface area contributed by atoms with Crippen molar-refractivity contribution in [3.8, 4) is 0 Å². The van der Waals surface area contributed by atoms with Crippen LogP contribution in [0.4, 0.5) is 0 Å². The normalized spacial score (nSPS) is 29.4. The molecule has 6 heteroatoms. The number of rotatable bonds is 4. The van der Waals surface area contributed by atoms with Gasteiger partial charge < -0.3 is 4.90 Å². The van der Waals surface area contributed by atoms with Gasteiger partial charge in [0.05, 0.1) is 11.7 Å². The number of carbonyl (C=O) groups excluding carboxylic acids is 1. The monoisotopic (exact) mass is 272 g/mol. The molecule has 0 aromatic rings. The quantitative estimate of drug-likeness (QED) is 0.728. The fourth-order valence-corrected chi connectivity index (χ4v) is 3.57. The summed E-state index contributed by atoms with van der Waals surface area (Å²) in [5.41, 5.74) is 0. The van der Waals surface area contributed by atoms with E-state index in [-0.39, 0.29) is 23.6 Å². The minimum atomic E-state index is -3.15. The molecule has 0 unspecified atom stereocenters. The van der Waals surface area contributed by atoms with Crippen molar-refractivity contribution in [2.75, 3.05) is 32.4 Å². The smallest absolute Gasteiger partial charge is 0.227 e. The van der Waals surface area contributed by atoms with E-state index in [2.05, 4.69) is 11.5 Å². The first-order valence-electron chi connectivity index (χ1n) is 6.29. The van der Waals surface area contributed by atoms with Gasteiger partial charge in [-0.3, -0.25) is 9.69 Å². The van der Waals surface area contributed by atoms with Gasteiger partial charge in [-0.2, -0.15) is 0 Å². The molecule has 0 spiro atoms. The molecular weight excluding hydrogens is 252 g/mol. The minimum absolute atomic E-state index is 0.0650. The summed E-state index contributed by atoms with van der Waals surface area (Å²) >= 11 is 0. The van der Waals surface area contributed by atoms with E-state index in [1.54, 1.807) is 4.90 Å². The van der Waals surface area contributed by atoms with Crippen LogP contribution in [-0.4, -0.2) is 62.6 Å². The van der Waals surface area contributed by atoms with Gasteiger partial charge in [0.25, 0.3) is 0 Å². The number of hydrogen-bond acceptors (Lipinski definition) is 4. The third-order valence-corrected chi connectivity index (χ3v) is 5.22. The van der Waals surface area contributed by atoms with Gasteiger partial charge in [0.2, 0.25) is 5.91 Å². The third kappa shape index (κ3) is 2.59. The largest absolute Gasteiger partial charge is 0.344 e. The van der Waals surface area contributed by atoms with Crippen molar-refractivity contribution in [2.45, 2.75) is 18.9 Å². The molecule has 2 atom stereocenters. The number of piperidine rings is 1. The van der Waals surface area contributed by atoms with Crippen molar-refractivity contribution in [3.05, 3.63) is 12.0 Å². The van der Waals surface area contributed by atoms with Crippen molar-refractivity contribution < 1.29 is 13.2 Å². The van der Waals surface area contributed by atoms with Crippen molar-refractivity contribution in [2.24, 2.45) is 5.92 Å². The Labute approximate surface area is 108 Å². The van der Waals surface area contributed by atoms with Gasteiger partial charge in [0, 0.05) is 31.6 Å². The molecule has 0 radical (unpaired) electrons. The average Bonchev–Trinajstić information content (AvgIpc) is 2.64. The van der Waals surface area contributed by atoms with Crippen molar-refractivity contribution in [1.29, 1.82) is 0 Å². The first-order valence-corrected chi connectivity index (χ1v) is 8.00. The van der Waals surface area contributed by atoms with Crippen LogP contribution in [0.2, 0.25) is 0 Å². The summed E-state index contributed by atoms with van der Waals surface area (Å²) in [5, 5.41) is 1.01. The second-order valence-corrected chi connectivity index (χ2v) is 7.17. The van der Waals surface area contributed by atoms with E-state index in [0.717, 1.165) is 31.3 Å². The topological polar surface area (TPSA) is 57.7 Å². The predicted octanol–water partition coefficient (Wildman–Crippen LogP) is 0.0973. The molecule has 2 fully saturated rings. The zero-order valence-electron chi connectivity index (χ0n) is 10.7. The highest BCUT2D eigenvalue weighted by Crippen LogP contribution is 2.30. The first-order chi connectivity index (χ1) is 8.44. The lowest BCUT2D eigenvalue weighted by Gasteiger charge is -2.35. The molecule has 0 bridgehead atoms. The average molecular weight is 272 g/mol. The second-order valence-electron chi connectivity index (χ2n) is 5.10. The van der Waals surface area contributed by atoms with E-state index >= 15 is 0 Å². The Morgan fingerprint density at radius 2 is 2.22 bits per heavy atom. The van der Waals surface area contributed by atoms with Gasteiger partial charge >= 0.3 is 0 Å². The van der Waals surface area contributed by atoms with Crippen LogP contribution in [0.5, 0.6) is 0 Å². The highest BCUT2D eigenvalue weighted by molar-refractivity contribution is 7.94. The highest BCUT2D eigenvalue weighted by Gasteiger charge is 2.43. The summed E-state index contributed by atoms with van der Waals surface area (Å²) in [6, 6.07) is 0.191. The molecule has 1 amide bonds. The van der Waals surface area contributed by atoms with E-state index in [9.17, 15) is 13.2 Å². The molecule has 0 N–H and O–H groups in total. The van der Waals surface area contributed by atoms with Gasteiger partial charge in [0.15, 0.2) is 9.84 Å². The van der Waals surface area contributed by atoms with E-state index in [1.807, 2.05) is 7.05 Å². The molecule has 2 heterocycles. The third-order valence-electron chi connectivity index (χ3n) is 3.97. The Morgan fingerprint density at radius 3 is 2.89 bits per heavy atom. The molecular formula is C12H20N2O3S. The zero-order chi connectivity index (χ0) is 13.3. The van der Waals surface area contributed by atoms with Crippen LogP contribution < -0.4 is 0 Å². The Kier molecular flexibility index (Phi) is 3.77. The predicted molar refractivity (Wildman–Crippen MR) is 69.7 cm³/mol. The second kappa shape index (κ2) is 5.01. The maximum atomic E-state index is 11.9. The molecule has 2 saturated heterocycles. The number of likely N-dealkylation sites (N-methyl/N-ethyl adjacent to an activating group) is 1. The number of likely N-dealkylation sites (tertiary alicyclic amines) is 2. The summed E-state index contributed by atoms with van der Waals surface area (Å²) in [5.74, 6) is 0.365. The molecule has 0 saturated carbocycles. The Hall–Kier alpha value is -0.880. The molecule has 2 aliphatic rings. The van der Waals surface area contributed by atoms with Crippen LogP contribution in [0.3, 0.4) is 0 Å². The standard InChI is InChI=1S/C12H20N2O3S/c1-3-18(16,17)8-7-14-6-4-5-10-11(14)9-13(2)12(10)15/h3,10-11H,1,4-9H2,2H3/t10-,11-/m1/s1. The SMILES string of the molecule is C=CS(=O)(=O)CCN1CCC[C@H]2C(=O)N(C)C[C@H]21. The summed E-state index contributed by atoms with van der Waals surface area (Å²) in [6.45, 7) is 5.42. The van der Waals surface area contributed by atoms with Crippen LogP contribution >= 0.6 is 0 Å². The van der Waals surface area contributed by atoms with E-state index in [0.29, 0.717) is 6.54 Å². The van der Waals surface area contributed by atoms with Crippen molar-refractivity contribution in [1.82, 2.24) is 9.80 Å². The number of fused-ring (bicyclic) bond motifs is 1. The molecule has 5 nitrogen and oxygen atoms in total. The lowest BCUT2D eigenvalue weighted by molar-refractivity contribution is -0.130. The van der Waals surface area contributed by atoms with Gasteiger partial charge in [-0.1, -0.05) is 6.58 Å². The van der Waals surface area contributed by atoms with Crippen molar-refractivity contribution >= 4 is 15.7 Å². The molecule has 0 aromatic carbocycles. The van der Waals surface area contributed by atoms with Gasteiger partial charge in [-0.05, 0) is 19.4 Å². The molecule has 18 heavy (non-hydrogen) atoms. The summed E-state index contributed by atoms with van der Waals surface area (Å²) < 4.78 is 22.9. The fourth-order valence-electron chi connectivity index (χ4n) is 2.92. The minimum Gasteiger partial charge on any atom is -0.344 e. The van der Waals surface area contributed by atoms with Crippen LogP contribution in [-0.2, 0) is 14.6 Å². The molecule has 0 aromatic heterocycles. The summed E-state index contributed by atoms with van der Waals surface area (Å²) in [6.07, 6.45) is 1.90. The molecule has 0 aliphatic carbocycles. The van der Waals surface area contributed by atoms with Crippen LogP contribution in [0.1, 0.15) is 12.8 Å². The number of nitrogens with zero attached hydrogens (tertiary/aromatic N) is 2. The van der Waals surface area contributed by atoms with Crippen LogP contribution in [0.25, 0.3) is 0 Å². The molecule has 102 valence electrons. The summed E-state index contributed by atoms with van der Waals surface area (Å²) in [4.78, 5) is 15.8. The number of carbonyl (C=O) groups is 1. The first kappa shape index (κ1) is 13.5. The lowest BCUT2D eigenvalue weighted by atomic mass is 9.91. The van der Waals surface area contributed by atoms with E-state index in [4.69, 9.17) is 0 Å². The van der Waals surface area contributed by atoms with Gasteiger partial charge in [-0.15, -0.1) is 0 Å². The fraction of sp³-hybridized carbons (Fsp3) is 0.750. The maximum Gasteiger partial charge on any atom is 0.227 e. The highest BCUT2D eigenvalue weighted by atomic mass is 32.2. The Morgan fingerprint density at radius 1 is 1.50 bits per heavy atom. The van der Waals surface area contributed by atoms with Crippen LogP contribution in [0, 0.1) is 5.92 Å².